The van der Waals surface area contributed by atoms with Crippen LogP contribution in [0.5, 0.6) is 17.5 Å². The molecule has 1 aromatic heterocycles. The zero-order chi connectivity index (χ0) is 39.2. The summed E-state index contributed by atoms with van der Waals surface area (Å²) in [6.07, 6.45) is 4.57. The number of aromatic nitrogens is 1. The first kappa shape index (κ1) is 39.0. The predicted octanol–water partition coefficient (Wildman–Crippen LogP) is 3.65. The average molecular weight is 774 g/mol. The van der Waals surface area contributed by atoms with Gasteiger partial charge >= 0.3 is 6.09 Å². The fraction of sp³-hybridized carbons (Fsp3) is 0.595. The number of pyridine rings is 1. The molecule has 0 spiro atoms. The first-order valence-electron chi connectivity index (χ1n) is 18.3. The maximum atomic E-state index is 14.9. The van der Waals surface area contributed by atoms with E-state index in [2.05, 4.69) is 20.3 Å². The second-order valence-corrected chi connectivity index (χ2v) is 17.5. The fourth-order valence-electron chi connectivity index (χ4n) is 7.66. The van der Waals surface area contributed by atoms with E-state index in [4.69, 9.17) is 14.2 Å². The highest BCUT2D eigenvalue weighted by Crippen LogP contribution is 2.48. The summed E-state index contributed by atoms with van der Waals surface area (Å²) in [5.74, 6) is -3.66. The third kappa shape index (κ3) is 7.64. The number of nitrogens with zero attached hydrogens (tertiary/aromatic N) is 2. The topological polar surface area (TPSA) is 203 Å². The summed E-state index contributed by atoms with van der Waals surface area (Å²) < 4.78 is 59.2. The van der Waals surface area contributed by atoms with E-state index in [-0.39, 0.29) is 48.2 Å². The van der Waals surface area contributed by atoms with Crippen molar-refractivity contribution in [3.63, 3.8) is 0 Å². The zero-order valence-corrected chi connectivity index (χ0v) is 31.8. The minimum Gasteiger partial charge on any atom is -0.494 e. The molecule has 1 aromatic carbocycles. The number of hydrogen-bond donors (Lipinski definition) is 4. The van der Waals surface area contributed by atoms with Gasteiger partial charge in [0.15, 0.2) is 11.6 Å². The summed E-state index contributed by atoms with van der Waals surface area (Å²) in [5, 5.41) is 15.8. The van der Waals surface area contributed by atoms with E-state index >= 15 is 0 Å². The molecule has 3 fully saturated rings. The van der Waals surface area contributed by atoms with E-state index in [1.165, 1.54) is 31.3 Å². The molecule has 3 heterocycles. The number of halogens is 1. The number of sulfonamides is 1. The van der Waals surface area contributed by atoms with Crippen LogP contribution in [0.25, 0.3) is 10.8 Å². The van der Waals surface area contributed by atoms with Crippen molar-refractivity contribution in [2.24, 2.45) is 17.8 Å². The highest BCUT2D eigenvalue weighted by molar-refractivity contribution is 7.91. The number of hydrogen-bond acceptors (Lipinski definition) is 10. The van der Waals surface area contributed by atoms with Crippen LogP contribution in [0, 0.1) is 23.6 Å². The van der Waals surface area contributed by atoms with E-state index in [9.17, 15) is 37.1 Å². The van der Waals surface area contributed by atoms with Crippen molar-refractivity contribution in [2.45, 2.75) is 101 Å². The summed E-state index contributed by atoms with van der Waals surface area (Å²) >= 11 is 0. The highest BCUT2D eigenvalue weighted by Gasteiger charge is 2.63. The van der Waals surface area contributed by atoms with E-state index < -0.39 is 80.0 Å². The van der Waals surface area contributed by atoms with Crippen LogP contribution in [0.15, 0.2) is 30.4 Å². The van der Waals surface area contributed by atoms with Gasteiger partial charge in [0.2, 0.25) is 33.6 Å². The molecule has 17 heteroatoms. The lowest BCUT2D eigenvalue weighted by atomic mass is 9.85. The van der Waals surface area contributed by atoms with Crippen LogP contribution >= 0.6 is 0 Å². The van der Waals surface area contributed by atoms with Crippen molar-refractivity contribution in [2.75, 3.05) is 20.8 Å². The van der Waals surface area contributed by atoms with Crippen LogP contribution in [0.1, 0.15) is 72.1 Å². The molecule has 6 rings (SSSR count). The summed E-state index contributed by atoms with van der Waals surface area (Å²) in [6.45, 7) is 5.26. The third-order valence-corrected chi connectivity index (χ3v) is 13.6. The summed E-state index contributed by atoms with van der Waals surface area (Å²) in [7, 11) is -1.31. The van der Waals surface area contributed by atoms with Gasteiger partial charge in [-0.25, -0.2) is 17.6 Å². The van der Waals surface area contributed by atoms with Gasteiger partial charge in [-0.1, -0.05) is 32.4 Å². The first-order valence-corrected chi connectivity index (χ1v) is 19.8. The minimum absolute atomic E-state index is 0.0160. The molecular formula is C37H48FN5O10S. The highest BCUT2D eigenvalue weighted by atomic mass is 32.2. The number of methoxy groups -OCH3 is 2. The molecule has 4 aliphatic rings. The monoisotopic (exact) mass is 773 g/mol. The van der Waals surface area contributed by atoms with Crippen LogP contribution < -0.4 is 29.6 Å². The molecule has 0 unspecified atom stereocenters. The predicted molar refractivity (Wildman–Crippen MR) is 194 cm³/mol. The van der Waals surface area contributed by atoms with Gasteiger partial charge in [0.05, 0.1) is 25.5 Å². The summed E-state index contributed by atoms with van der Waals surface area (Å²) in [4.78, 5) is 60.5. The maximum Gasteiger partial charge on any atom is 0.405 e. The Morgan fingerprint density at radius 3 is 2.54 bits per heavy atom. The first-order chi connectivity index (χ1) is 25.5. The van der Waals surface area contributed by atoms with Gasteiger partial charge in [-0.15, -0.1) is 0 Å². The molecule has 1 saturated heterocycles. The number of allylic oxidation sites excluding steroid dienone is 1. The Kier molecular flexibility index (Phi) is 10.7. The molecule has 2 aliphatic carbocycles. The van der Waals surface area contributed by atoms with Crippen molar-refractivity contribution < 1.29 is 51.3 Å². The zero-order valence-electron chi connectivity index (χ0n) is 31.0. The Hall–Kier alpha value is -4.67. The molecule has 0 radical (unpaired) electrons. The van der Waals surface area contributed by atoms with Crippen LogP contribution in [-0.2, 0) is 24.4 Å². The van der Waals surface area contributed by atoms with Crippen molar-refractivity contribution in [3.05, 3.63) is 36.2 Å². The SMILES string of the molecule is CC[C@@H]1C[C@H](C)CCC=C[C@@H]2C[C@@]2(C(=O)NS(=O)(=O)C2(C)CC2)NC(=O)[C@@H]2C[C@@H](Oc3nc(OC)cc4cc(OC)c(F)cc34)CN2C(=O)[C@H]1NC(=O)O. The van der Waals surface area contributed by atoms with Gasteiger partial charge in [-0.2, -0.15) is 4.98 Å². The number of carbonyl (C=O) groups is 4. The normalized spacial score (nSPS) is 29.5. The Labute approximate surface area is 313 Å². The number of benzene rings is 1. The standard InChI is InChI=1S/C37H48FN5O10S/c1-6-21-13-20(2)9-7-8-10-23-18-37(23,34(46)42-54(49,50)36(3)11-12-36)41-31(44)27-16-24(19-43(27)33(45)30(21)40-35(47)48)53-32-25-17-26(38)28(51-4)14-22(25)15-29(39-32)52-5/h8,10,14-15,17,20-21,23-24,27,30,40H,6-7,9,11-13,16,18-19H2,1-5H3,(H,41,44)(H,42,46)(H,47,48)/t20-,21-,23-,24-,27+,30+,37-/m1/s1. The maximum absolute atomic E-state index is 14.9. The van der Waals surface area contributed by atoms with E-state index in [0.29, 0.717) is 43.9 Å². The molecule has 2 aliphatic heterocycles. The molecule has 7 atom stereocenters. The van der Waals surface area contributed by atoms with Gasteiger partial charge in [0.25, 0.3) is 5.91 Å². The van der Waals surface area contributed by atoms with Crippen molar-refractivity contribution >= 4 is 44.6 Å². The number of rotatable bonds is 9. The second-order valence-electron chi connectivity index (χ2n) is 15.3. The average Bonchev–Trinajstić information content (AvgIpc) is 4.00. The molecule has 4 amide bonds. The lowest BCUT2D eigenvalue weighted by Gasteiger charge is -2.33. The van der Waals surface area contributed by atoms with Gasteiger partial charge in [-0.3, -0.25) is 19.1 Å². The fourth-order valence-corrected chi connectivity index (χ4v) is 8.97. The van der Waals surface area contributed by atoms with Crippen molar-refractivity contribution in [3.8, 4) is 17.5 Å². The smallest absolute Gasteiger partial charge is 0.405 e. The minimum atomic E-state index is -4.04. The lowest BCUT2D eigenvalue weighted by molar-refractivity contribution is -0.142. The number of nitrogens with one attached hydrogen (secondary N) is 3. The van der Waals surface area contributed by atoms with Gasteiger partial charge < -0.3 is 34.9 Å². The van der Waals surface area contributed by atoms with Crippen LogP contribution in [0.2, 0.25) is 0 Å². The molecule has 15 nitrogen and oxygen atoms in total. The summed E-state index contributed by atoms with van der Waals surface area (Å²) in [6, 6.07) is 1.75. The molecule has 2 saturated carbocycles. The van der Waals surface area contributed by atoms with E-state index in [1.807, 2.05) is 26.0 Å². The number of carbonyl (C=O) groups excluding carboxylic acids is 3. The largest absolute Gasteiger partial charge is 0.494 e. The van der Waals surface area contributed by atoms with Gasteiger partial charge in [-0.05, 0) is 74.8 Å². The van der Waals surface area contributed by atoms with Gasteiger partial charge in [0, 0.05) is 23.8 Å². The molecule has 0 bridgehead atoms. The number of carboxylic acid groups (broad SMARTS) is 1. The third-order valence-electron chi connectivity index (χ3n) is 11.4. The Morgan fingerprint density at radius 2 is 1.89 bits per heavy atom. The number of ether oxygens (including phenoxy) is 3. The molecular weight excluding hydrogens is 725 g/mol. The Bertz CT molecular complexity index is 1970. The van der Waals surface area contributed by atoms with Crippen LogP contribution in [0.3, 0.4) is 0 Å². The molecule has 54 heavy (non-hydrogen) atoms. The number of fused-ring (bicyclic) bond motifs is 3. The quantitative estimate of drug-likeness (QED) is 0.271. The lowest BCUT2D eigenvalue weighted by Crippen LogP contribution is -2.59. The van der Waals surface area contributed by atoms with Gasteiger partial charge in [0.1, 0.15) is 23.7 Å². The van der Waals surface area contributed by atoms with Crippen molar-refractivity contribution in [1.29, 1.82) is 0 Å². The second kappa shape index (κ2) is 14.9. The van der Waals surface area contributed by atoms with Crippen LogP contribution in [-0.4, -0.2) is 96.5 Å². The van der Waals surface area contributed by atoms with E-state index in [0.717, 1.165) is 0 Å². The van der Waals surface area contributed by atoms with Crippen molar-refractivity contribution in [1.82, 2.24) is 25.2 Å². The molecule has 4 N–H and O–H groups in total. The van der Waals surface area contributed by atoms with E-state index in [1.54, 1.807) is 13.0 Å². The molecule has 294 valence electrons. The Balaban J connectivity index is 1.38. The molecule has 2 aromatic rings. The Morgan fingerprint density at radius 1 is 1.15 bits per heavy atom. The number of amides is 4. The summed E-state index contributed by atoms with van der Waals surface area (Å²) in [5.41, 5.74) is -1.60. The van der Waals surface area contributed by atoms with Crippen LogP contribution in [0.4, 0.5) is 9.18 Å².